The molecule has 0 spiro atoms. The van der Waals surface area contributed by atoms with Crippen LogP contribution in [0.5, 0.6) is 0 Å². The van der Waals surface area contributed by atoms with Crippen LogP contribution in [0.15, 0.2) is 47.8 Å². The highest BCUT2D eigenvalue weighted by Crippen LogP contribution is 2.27. The van der Waals surface area contributed by atoms with E-state index in [0.717, 1.165) is 23.1 Å². The van der Waals surface area contributed by atoms with E-state index in [2.05, 4.69) is 10.2 Å². The third-order valence-corrected chi connectivity index (χ3v) is 6.27. The summed E-state index contributed by atoms with van der Waals surface area (Å²) < 4.78 is 65.6. The number of hydrogen-bond donors (Lipinski definition) is 1. The van der Waals surface area contributed by atoms with Crippen LogP contribution in [0.2, 0.25) is 0 Å². The minimum absolute atomic E-state index is 0.0279. The van der Waals surface area contributed by atoms with E-state index in [1.807, 2.05) is 0 Å². The average Bonchev–Trinajstić information content (AvgIpc) is 3.41. The normalized spacial score (nSPS) is 14.8. The average molecular weight is 455 g/mol. The van der Waals surface area contributed by atoms with Gasteiger partial charge in [-0.3, -0.25) is 9.48 Å². The van der Waals surface area contributed by atoms with Crippen LogP contribution in [-0.2, 0) is 34.5 Å². The van der Waals surface area contributed by atoms with E-state index < -0.39 is 40.8 Å². The predicted octanol–water partition coefficient (Wildman–Crippen LogP) is 1.30. The number of carbonyl (C=O) groups is 1. The lowest BCUT2D eigenvalue weighted by atomic mass is 10.1. The van der Waals surface area contributed by atoms with Gasteiger partial charge < -0.3 is 10.0 Å². The number of aromatic nitrogens is 4. The van der Waals surface area contributed by atoms with E-state index in [1.165, 1.54) is 29.3 Å². The fourth-order valence-corrected chi connectivity index (χ4v) is 4.36. The summed E-state index contributed by atoms with van der Waals surface area (Å²) in [5.74, 6) is -1.46. The molecule has 2 aromatic heterocycles. The Morgan fingerprint density at radius 2 is 1.94 bits per heavy atom. The van der Waals surface area contributed by atoms with Crippen LogP contribution in [0, 0.1) is 5.82 Å². The molecule has 0 saturated carbocycles. The largest absolute Gasteiger partial charge is 0.378 e. The van der Waals surface area contributed by atoms with E-state index in [-0.39, 0.29) is 29.2 Å². The van der Waals surface area contributed by atoms with E-state index in [0.29, 0.717) is 9.65 Å². The van der Waals surface area contributed by atoms with Crippen molar-refractivity contribution in [1.29, 1.82) is 0 Å². The second-order valence-electron chi connectivity index (χ2n) is 6.89. The Kier molecular flexibility index (Phi) is 5.31. The van der Waals surface area contributed by atoms with E-state index in [9.17, 15) is 31.5 Å². The van der Waals surface area contributed by atoms with E-state index >= 15 is 0 Å². The van der Waals surface area contributed by atoms with Gasteiger partial charge in [0.1, 0.15) is 17.3 Å². The van der Waals surface area contributed by atoms with Crippen LogP contribution in [-0.4, -0.2) is 49.7 Å². The number of carbonyl (C=O) groups excluding carboxylic acids is 1. The molecule has 164 valence electrons. The van der Waals surface area contributed by atoms with Crippen LogP contribution in [0.3, 0.4) is 0 Å². The highest BCUT2D eigenvalue weighted by Gasteiger charge is 2.33. The lowest BCUT2D eigenvalue weighted by Gasteiger charge is -2.20. The van der Waals surface area contributed by atoms with Gasteiger partial charge in [-0.15, -0.1) is 0 Å². The second kappa shape index (κ2) is 7.81. The molecule has 1 N–H and O–H groups in total. The minimum Gasteiger partial charge on any atom is -0.378 e. The maximum absolute atomic E-state index is 13.8. The standard InChI is InChI=1S/C18H16F3N5O4S/c19-14-4-2-1-3-13(14)17(27)18(28)24-6-11-7-26(23-15(11)9-24)31(29,30)12-5-22-25(8-12)10-16(20)21/h1-5,7-8,16-17,27H,6,9-10H2/t17-/m1/s1. The van der Waals surface area contributed by atoms with Gasteiger partial charge in [0, 0.05) is 30.1 Å². The molecular formula is C18H16F3N5O4S. The van der Waals surface area contributed by atoms with Crippen molar-refractivity contribution in [3.05, 3.63) is 65.5 Å². The summed E-state index contributed by atoms with van der Waals surface area (Å²) in [5.41, 5.74) is 0.556. The van der Waals surface area contributed by atoms with Gasteiger partial charge in [-0.05, 0) is 6.07 Å². The summed E-state index contributed by atoms with van der Waals surface area (Å²) in [6.45, 7) is -0.848. The maximum Gasteiger partial charge on any atom is 0.286 e. The molecule has 0 saturated heterocycles. The van der Waals surface area contributed by atoms with Gasteiger partial charge in [-0.1, -0.05) is 18.2 Å². The van der Waals surface area contributed by atoms with Gasteiger partial charge in [0.25, 0.3) is 22.4 Å². The Balaban J connectivity index is 1.50. The Morgan fingerprint density at radius 3 is 2.61 bits per heavy atom. The summed E-state index contributed by atoms with van der Waals surface area (Å²) in [7, 11) is -4.16. The molecule has 4 rings (SSSR count). The topological polar surface area (TPSA) is 110 Å². The molecule has 3 heterocycles. The number of alkyl halides is 2. The highest BCUT2D eigenvalue weighted by molar-refractivity contribution is 7.89. The number of aliphatic hydroxyl groups excluding tert-OH is 1. The lowest BCUT2D eigenvalue weighted by Crippen LogP contribution is -2.31. The molecular weight excluding hydrogens is 439 g/mol. The van der Waals surface area contributed by atoms with Crippen LogP contribution in [0.25, 0.3) is 0 Å². The first-order valence-electron chi connectivity index (χ1n) is 9.01. The van der Waals surface area contributed by atoms with Crippen molar-refractivity contribution in [2.45, 2.75) is 37.1 Å². The quantitative estimate of drug-likeness (QED) is 0.600. The number of amides is 1. The fraction of sp³-hybridized carbons (Fsp3) is 0.278. The third-order valence-electron chi connectivity index (χ3n) is 4.78. The number of rotatable bonds is 6. The molecule has 0 aliphatic carbocycles. The van der Waals surface area contributed by atoms with Crippen LogP contribution < -0.4 is 0 Å². The Hall–Kier alpha value is -3.19. The summed E-state index contributed by atoms with van der Waals surface area (Å²) in [5, 5.41) is 17.8. The zero-order chi connectivity index (χ0) is 22.3. The Labute approximate surface area is 174 Å². The molecule has 3 aromatic rings. The number of aliphatic hydroxyl groups is 1. The number of nitrogens with zero attached hydrogens (tertiary/aromatic N) is 5. The number of halogens is 3. The minimum atomic E-state index is -4.16. The first-order valence-corrected chi connectivity index (χ1v) is 10.5. The highest BCUT2D eigenvalue weighted by atomic mass is 32.2. The molecule has 1 aliphatic rings. The summed E-state index contributed by atoms with van der Waals surface area (Å²) in [6.07, 6.45) is -1.26. The fourth-order valence-electron chi connectivity index (χ4n) is 3.24. The zero-order valence-corrected chi connectivity index (χ0v) is 16.6. The van der Waals surface area contributed by atoms with Crippen LogP contribution in [0.1, 0.15) is 22.9 Å². The van der Waals surface area contributed by atoms with E-state index in [1.54, 1.807) is 0 Å². The van der Waals surface area contributed by atoms with Crippen molar-refractivity contribution in [1.82, 2.24) is 23.9 Å². The molecule has 0 fully saturated rings. The molecule has 1 aliphatic heterocycles. The third kappa shape index (κ3) is 3.93. The van der Waals surface area contributed by atoms with Crippen LogP contribution >= 0.6 is 0 Å². The summed E-state index contributed by atoms with van der Waals surface area (Å²) in [4.78, 5) is 13.5. The van der Waals surface area contributed by atoms with Crippen molar-refractivity contribution in [2.24, 2.45) is 0 Å². The van der Waals surface area contributed by atoms with Gasteiger partial charge in [0.2, 0.25) is 0 Å². The molecule has 13 heteroatoms. The van der Waals surface area contributed by atoms with Crippen molar-refractivity contribution in [3.63, 3.8) is 0 Å². The number of fused-ring (bicyclic) bond motifs is 1. The number of benzene rings is 1. The molecule has 0 bridgehead atoms. The Bertz CT molecular complexity index is 1220. The molecule has 1 atom stereocenters. The summed E-state index contributed by atoms with van der Waals surface area (Å²) in [6, 6.07) is 5.35. The van der Waals surface area contributed by atoms with Crippen LogP contribution in [0.4, 0.5) is 13.2 Å². The monoisotopic (exact) mass is 455 g/mol. The molecule has 0 unspecified atom stereocenters. The lowest BCUT2D eigenvalue weighted by molar-refractivity contribution is -0.141. The van der Waals surface area contributed by atoms with Gasteiger partial charge in [-0.2, -0.15) is 22.7 Å². The first-order chi connectivity index (χ1) is 14.7. The summed E-state index contributed by atoms with van der Waals surface area (Å²) >= 11 is 0. The van der Waals surface area contributed by atoms with Crippen molar-refractivity contribution in [3.8, 4) is 0 Å². The molecule has 1 amide bonds. The van der Waals surface area contributed by atoms with Crippen molar-refractivity contribution >= 4 is 15.9 Å². The SMILES string of the molecule is O=C([C@H](O)c1ccccc1F)N1Cc2cn(S(=O)(=O)c3cnn(CC(F)F)c3)nc2C1. The molecule has 9 nitrogen and oxygen atoms in total. The van der Waals surface area contributed by atoms with Crippen molar-refractivity contribution < 1.29 is 31.5 Å². The molecule has 1 aromatic carbocycles. The van der Waals surface area contributed by atoms with Gasteiger partial charge in [0.05, 0.1) is 18.4 Å². The molecule has 0 radical (unpaired) electrons. The molecule has 31 heavy (non-hydrogen) atoms. The van der Waals surface area contributed by atoms with Crippen molar-refractivity contribution in [2.75, 3.05) is 0 Å². The zero-order valence-electron chi connectivity index (χ0n) is 15.8. The smallest absolute Gasteiger partial charge is 0.286 e. The van der Waals surface area contributed by atoms with E-state index in [4.69, 9.17) is 0 Å². The Morgan fingerprint density at radius 1 is 1.19 bits per heavy atom. The number of hydrogen-bond acceptors (Lipinski definition) is 6. The van der Waals surface area contributed by atoms with Gasteiger partial charge >= 0.3 is 0 Å². The predicted molar refractivity (Wildman–Crippen MR) is 98.7 cm³/mol. The van der Waals surface area contributed by atoms with Gasteiger partial charge in [0.15, 0.2) is 6.10 Å². The van der Waals surface area contributed by atoms with Gasteiger partial charge in [-0.25, -0.2) is 13.2 Å². The second-order valence-corrected chi connectivity index (χ2v) is 8.68. The first kappa shape index (κ1) is 21.1. The maximum atomic E-state index is 13.8.